The zero-order valence-electron chi connectivity index (χ0n) is 8.07. The number of nitrogens with one attached hydrogen (secondary N) is 1. The number of hydrogen-bond donors (Lipinski definition) is 1. The number of aromatic nitrogens is 3. The quantitative estimate of drug-likeness (QED) is 0.917. The predicted molar refractivity (Wildman–Crippen MR) is 58.0 cm³/mol. The van der Waals surface area contributed by atoms with Crippen molar-refractivity contribution in [3.63, 3.8) is 0 Å². The van der Waals surface area contributed by atoms with E-state index in [-0.39, 0.29) is 0 Å². The van der Waals surface area contributed by atoms with Gasteiger partial charge < -0.3 is 9.84 Å². The number of hydrogen-bond acceptors (Lipinski definition) is 5. The average molecular weight is 269 g/mol. The summed E-state index contributed by atoms with van der Waals surface area (Å²) in [5.41, 5.74) is 0.698. The lowest BCUT2D eigenvalue weighted by Gasteiger charge is -1.92. The molecule has 2 rings (SSSR count). The molecule has 0 bridgehead atoms. The highest BCUT2D eigenvalue weighted by atomic mass is 79.9. The van der Waals surface area contributed by atoms with Crippen LogP contribution in [0.25, 0.3) is 11.5 Å². The summed E-state index contributed by atoms with van der Waals surface area (Å²) in [6, 6.07) is 3.72. The fourth-order valence-electron chi connectivity index (χ4n) is 1.09. The summed E-state index contributed by atoms with van der Waals surface area (Å²) in [6.07, 6.45) is 1.70. The minimum absolute atomic E-state index is 0.507. The van der Waals surface area contributed by atoms with Crippen molar-refractivity contribution in [2.24, 2.45) is 0 Å². The van der Waals surface area contributed by atoms with Crippen LogP contribution < -0.4 is 5.32 Å². The largest absolute Gasteiger partial charge is 0.337 e. The van der Waals surface area contributed by atoms with Crippen molar-refractivity contribution >= 4 is 15.9 Å². The van der Waals surface area contributed by atoms with E-state index in [0.29, 0.717) is 24.0 Å². The molecule has 0 aromatic carbocycles. The highest BCUT2D eigenvalue weighted by molar-refractivity contribution is 9.10. The monoisotopic (exact) mass is 268 g/mol. The average Bonchev–Trinajstić information content (AvgIpc) is 2.68. The highest BCUT2D eigenvalue weighted by Gasteiger charge is 2.08. The molecule has 78 valence electrons. The van der Waals surface area contributed by atoms with Crippen LogP contribution in [0.1, 0.15) is 5.89 Å². The van der Waals surface area contributed by atoms with Gasteiger partial charge in [-0.05, 0) is 35.1 Å². The molecule has 5 nitrogen and oxygen atoms in total. The van der Waals surface area contributed by atoms with Crippen molar-refractivity contribution in [1.29, 1.82) is 0 Å². The van der Waals surface area contributed by atoms with Crippen LogP contribution in [0.2, 0.25) is 0 Å². The third kappa shape index (κ3) is 2.40. The second-order valence-corrected chi connectivity index (χ2v) is 3.82. The van der Waals surface area contributed by atoms with Crippen LogP contribution in [0.4, 0.5) is 0 Å². The molecule has 6 heteroatoms. The number of rotatable bonds is 3. The lowest BCUT2D eigenvalue weighted by Crippen LogP contribution is -2.04. The second-order valence-electron chi connectivity index (χ2n) is 2.90. The Hall–Kier alpha value is -1.27. The third-order valence-corrected chi connectivity index (χ3v) is 2.22. The van der Waals surface area contributed by atoms with Crippen molar-refractivity contribution in [1.82, 2.24) is 20.4 Å². The number of halogens is 1. The molecular weight excluding hydrogens is 260 g/mol. The Balaban J connectivity index is 2.25. The lowest BCUT2D eigenvalue weighted by atomic mass is 10.3. The van der Waals surface area contributed by atoms with Gasteiger partial charge in [-0.25, -0.2) is 0 Å². The van der Waals surface area contributed by atoms with Gasteiger partial charge in [-0.2, -0.15) is 4.98 Å². The minimum Gasteiger partial charge on any atom is -0.337 e. The first kappa shape index (κ1) is 10.3. The van der Waals surface area contributed by atoms with Crippen molar-refractivity contribution in [2.45, 2.75) is 6.54 Å². The van der Waals surface area contributed by atoms with E-state index in [1.165, 1.54) is 0 Å². The maximum Gasteiger partial charge on any atom is 0.240 e. The normalized spacial score (nSPS) is 10.5. The Morgan fingerprint density at radius 3 is 3.00 bits per heavy atom. The Morgan fingerprint density at radius 2 is 2.33 bits per heavy atom. The summed E-state index contributed by atoms with van der Waals surface area (Å²) in [4.78, 5) is 8.35. The van der Waals surface area contributed by atoms with Gasteiger partial charge in [0.1, 0.15) is 5.69 Å². The number of nitrogens with zero attached hydrogens (tertiary/aromatic N) is 3. The first-order valence-electron chi connectivity index (χ1n) is 4.38. The van der Waals surface area contributed by atoms with Gasteiger partial charge in [-0.1, -0.05) is 5.16 Å². The summed E-state index contributed by atoms with van der Waals surface area (Å²) in [7, 11) is 1.82. The van der Waals surface area contributed by atoms with Crippen molar-refractivity contribution in [2.75, 3.05) is 7.05 Å². The van der Waals surface area contributed by atoms with Crippen LogP contribution >= 0.6 is 15.9 Å². The molecule has 0 amide bonds. The van der Waals surface area contributed by atoms with Gasteiger partial charge in [0.05, 0.1) is 6.54 Å². The molecule has 0 aliphatic heterocycles. The van der Waals surface area contributed by atoms with Gasteiger partial charge in [0.15, 0.2) is 0 Å². The van der Waals surface area contributed by atoms with E-state index in [4.69, 9.17) is 4.52 Å². The maximum atomic E-state index is 5.01. The van der Waals surface area contributed by atoms with Crippen molar-refractivity contribution < 1.29 is 4.52 Å². The fourth-order valence-corrected chi connectivity index (χ4v) is 1.32. The summed E-state index contributed by atoms with van der Waals surface area (Å²) in [5, 5.41) is 6.76. The van der Waals surface area contributed by atoms with Crippen molar-refractivity contribution in [3.8, 4) is 11.5 Å². The topological polar surface area (TPSA) is 63.8 Å². The smallest absolute Gasteiger partial charge is 0.240 e. The third-order valence-electron chi connectivity index (χ3n) is 1.75. The molecule has 0 radical (unpaired) electrons. The van der Waals surface area contributed by atoms with Gasteiger partial charge in [0.25, 0.3) is 0 Å². The molecule has 0 aliphatic carbocycles. The fraction of sp³-hybridized carbons (Fsp3) is 0.222. The van der Waals surface area contributed by atoms with E-state index in [9.17, 15) is 0 Å². The van der Waals surface area contributed by atoms with Crippen LogP contribution in [0, 0.1) is 0 Å². The maximum absolute atomic E-state index is 5.01. The Morgan fingerprint density at radius 1 is 1.47 bits per heavy atom. The number of pyridine rings is 1. The van der Waals surface area contributed by atoms with E-state index in [1.54, 1.807) is 6.20 Å². The molecule has 2 aromatic rings. The molecule has 2 aromatic heterocycles. The van der Waals surface area contributed by atoms with E-state index in [2.05, 4.69) is 36.4 Å². The van der Waals surface area contributed by atoms with Gasteiger partial charge in [0.2, 0.25) is 11.7 Å². The first-order valence-corrected chi connectivity index (χ1v) is 5.18. The zero-order chi connectivity index (χ0) is 10.7. The highest BCUT2D eigenvalue weighted by Crippen LogP contribution is 2.15. The van der Waals surface area contributed by atoms with Gasteiger partial charge in [-0.3, -0.25) is 4.98 Å². The Labute approximate surface area is 95.0 Å². The van der Waals surface area contributed by atoms with Gasteiger partial charge in [-0.15, -0.1) is 0 Å². The van der Waals surface area contributed by atoms with E-state index < -0.39 is 0 Å². The molecule has 0 unspecified atom stereocenters. The van der Waals surface area contributed by atoms with E-state index in [1.807, 2.05) is 19.2 Å². The molecule has 1 N–H and O–H groups in total. The van der Waals surface area contributed by atoms with Gasteiger partial charge in [0, 0.05) is 10.7 Å². The lowest BCUT2D eigenvalue weighted by molar-refractivity contribution is 0.372. The standard InChI is InChI=1S/C9H9BrN4O/c1-11-5-8-13-9(14-15-8)7-3-2-6(10)4-12-7/h2-4,11H,5H2,1H3. The van der Waals surface area contributed by atoms with Gasteiger partial charge >= 0.3 is 0 Å². The Bertz CT molecular complexity index is 440. The molecule has 0 fully saturated rings. The van der Waals surface area contributed by atoms with Crippen LogP contribution in [0.3, 0.4) is 0 Å². The summed E-state index contributed by atoms with van der Waals surface area (Å²) >= 11 is 3.31. The van der Waals surface area contributed by atoms with Crippen molar-refractivity contribution in [3.05, 3.63) is 28.7 Å². The van der Waals surface area contributed by atoms with Crippen LogP contribution in [0.15, 0.2) is 27.3 Å². The SMILES string of the molecule is CNCc1nc(-c2ccc(Br)cn2)no1. The first-order chi connectivity index (χ1) is 7.29. The minimum atomic E-state index is 0.507. The van der Waals surface area contributed by atoms with E-state index in [0.717, 1.165) is 4.47 Å². The van der Waals surface area contributed by atoms with Crippen LogP contribution in [-0.4, -0.2) is 22.2 Å². The molecule has 0 saturated carbocycles. The van der Waals surface area contributed by atoms with Crippen LogP contribution in [-0.2, 0) is 6.54 Å². The molecule has 2 heterocycles. The molecule has 0 saturated heterocycles. The summed E-state index contributed by atoms with van der Waals surface area (Å²) < 4.78 is 5.94. The summed E-state index contributed by atoms with van der Waals surface area (Å²) in [6.45, 7) is 0.559. The van der Waals surface area contributed by atoms with Crippen LogP contribution in [0.5, 0.6) is 0 Å². The predicted octanol–water partition coefficient (Wildman–Crippen LogP) is 1.61. The molecule has 0 aliphatic rings. The molecule has 15 heavy (non-hydrogen) atoms. The molecular formula is C9H9BrN4O. The summed E-state index contributed by atoms with van der Waals surface area (Å²) in [5.74, 6) is 1.06. The molecule has 0 atom stereocenters. The Kier molecular flexibility index (Phi) is 3.08. The molecule has 0 spiro atoms. The second kappa shape index (κ2) is 4.50. The van der Waals surface area contributed by atoms with E-state index >= 15 is 0 Å². The zero-order valence-corrected chi connectivity index (χ0v) is 9.65.